The van der Waals surface area contributed by atoms with Gasteiger partial charge in [0.1, 0.15) is 4.90 Å². The summed E-state index contributed by atoms with van der Waals surface area (Å²) in [6, 6.07) is 11.8. The molecule has 0 fully saturated rings. The van der Waals surface area contributed by atoms with Crippen molar-refractivity contribution in [3.8, 4) is 0 Å². The number of hydrogen-bond acceptors (Lipinski definition) is 4. The minimum Gasteiger partial charge on any atom is -0.323 e. The Labute approximate surface area is 126 Å². The van der Waals surface area contributed by atoms with Gasteiger partial charge in [-0.2, -0.15) is 0 Å². The number of halogens is 1. The van der Waals surface area contributed by atoms with Gasteiger partial charge in [0, 0.05) is 4.47 Å². The molecular weight excluding hydrogens is 342 g/mol. The van der Waals surface area contributed by atoms with Crippen LogP contribution in [0, 0.1) is 6.92 Å². The van der Waals surface area contributed by atoms with Crippen molar-refractivity contribution in [3.63, 3.8) is 0 Å². The van der Waals surface area contributed by atoms with Gasteiger partial charge in [0.15, 0.2) is 0 Å². The van der Waals surface area contributed by atoms with E-state index in [1.54, 1.807) is 30.3 Å². The minimum absolute atomic E-state index is 0.0934. The van der Waals surface area contributed by atoms with Crippen LogP contribution in [0.5, 0.6) is 0 Å². The molecule has 0 bridgehead atoms. The van der Waals surface area contributed by atoms with Crippen molar-refractivity contribution in [1.29, 1.82) is 0 Å². The molecule has 0 saturated heterocycles. The van der Waals surface area contributed by atoms with Crippen molar-refractivity contribution < 1.29 is 8.42 Å². The maximum atomic E-state index is 12.4. The summed E-state index contributed by atoms with van der Waals surface area (Å²) in [5.74, 6) is 5.34. The van der Waals surface area contributed by atoms with E-state index in [0.29, 0.717) is 15.8 Å². The lowest BCUT2D eigenvalue weighted by molar-refractivity contribution is 0.601. The predicted octanol–water partition coefficient (Wildman–Crippen LogP) is 2.84. The summed E-state index contributed by atoms with van der Waals surface area (Å²) in [4.78, 5) is 0.0934. The number of nitrogens with two attached hydrogens (primary N) is 1. The first-order valence-electron chi connectivity index (χ1n) is 5.79. The van der Waals surface area contributed by atoms with Crippen molar-refractivity contribution in [2.75, 3.05) is 10.1 Å². The smallest absolute Gasteiger partial charge is 0.264 e. The Kier molecular flexibility index (Phi) is 4.32. The minimum atomic E-state index is -3.72. The number of anilines is 2. The number of hydrazine groups is 1. The van der Waals surface area contributed by atoms with Gasteiger partial charge < -0.3 is 5.43 Å². The third-order valence-corrected chi connectivity index (χ3v) is 5.24. The maximum Gasteiger partial charge on any atom is 0.264 e. The third-order valence-electron chi connectivity index (χ3n) is 2.77. The molecule has 0 heterocycles. The second-order valence-electron chi connectivity index (χ2n) is 4.18. The Morgan fingerprint density at radius 3 is 2.40 bits per heavy atom. The molecule has 4 N–H and O–H groups in total. The molecule has 0 amide bonds. The molecule has 0 radical (unpaired) electrons. The summed E-state index contributed by atoms with van der Waals surface area (Å²) in [6.07, 6.45) is 0. The molecule has 0 unspecified atom stereocenters. The van der Waals surface area contributed by atoms with Gasteiger partial charge in [-0.3, -0.25) is 10.6 Å². The lowest BCUT2D eigenvalue weighted by atomic mass is 10.2. The normalized spacial score (nSPS) is 11.2. The highest BCUT2D eigenvalue weighted by atomic mass is 79.9. The van der Waals surface area contributed by atoms with Crippen molar-refractivity contribution in [2.45, 2.75) is 11.8 Å². The highest BCUT2D eigenvalue weighted by Gasteiger charge is 2.19. The van der Waals surface area contributed by atoms with E-state index < -0.39 is 10.0 Å². The quantitative estimate of drug-likeness (QED) is 0.581. The molecule has 2 rings (SSSR count). The van der Waals surface area contributed by atoms with Crippen molar-refractivity contribution in [2.24, 2.45) is 5.84 Å². The second kappa shape index (κ2) is 5.82. The molecule has 5 nitrogen and oxygen atoms in total. The molecular formula is C13H14BrN3O2S. The zero-order chi connectivity index (χ0) is 14.8. The Morgan fingerprint density at radius 2 is 1.70 bits per heavy atom. The number of nitrogens with one attached hydrogen (secondary N) is 2. The van der Waals surface area contributed by atoms with E-state index in [0.717, 1.165) is 5.56 Å². The van der Waals surface area contributed by atoms with E-state index in [9.17, 15) is 8.42 Å². The van der Waals surface area contributed by atoms with Crippen LogP contribution < -0.4 is 16.0 Å². The fourth-order valence-corrected chi connectivity index (χ4v) is 3.48. The zero-order valence-corrected chi connectivity index (χ0v) is 13.1. The van der Waals surface area contributed by atoms with Crippen LogP contribution in [-0.4, -0.2) is 8.42 Å². The number of rotatable bonds is 4. The van der Waals surface area contributed by atoms with Crippen molar-refractivity contribution >= 4 is 37.3 Å². The van der Waals surface area contributed by atoms with Crippen LogP contribution in [0.2, 0.25) is 0 Å². The molecule has 2 aromatic rings. The molecule has 0 aliphatic rings. The number of hydrogen-bond donors (Lipinski definition) is 3. The van der Waals surface area contributed by atoms with Gasteiger partial charge in [0.05, 0.1) is 11.4 Å². The molecule has 106 valence electrons. The van der Waals surface area contributed by atoms with E-state index in [2.05, 4.69) is 26.1 Å². The molecule has 0 spiro atoms. The van der Waals surface area contributed by atoms with Crippen LogP contribution in [0.15, 0.2) is 51.8 Å². The van der Waals surface area contributed by atoms with Crippen LogP contribution in [0.4, 0.5) is 11.4 Å². The van der Waals surface area contributed by atoms with Gasteiger partial charge in [0.25, 0.3) is 10.0 Å². The number of nitrogen functional groups attached to an aromatic ring is 1. The van der Waals surface area contributed by atoms with Crippen LogP contribution in [-0.2, 0) is 10.0 Å². The number of sulfonamides is 1. The first kappa shape index (κ1) is 14.8. The summed E-state index contributed by atoms with van der Waals surface area (Å²) in [7, 11) is -3.72. The lowest BCUT2D eigenvalue weighted by Gasteiger charge is -2.13. The van der Waals surface area contributed by atoms with Crippen molar-refractivity contribution in [1.82, 2.24) is 0 Å². The maximum absolute atomic E-state index is 12.4. The van der Waals surface area contributed by atoms with Gasteiger partial charge in [-0.05, 0) is 46.6 Å². The van der Waals surface area contributed by atoms with Crippen LogP contribution in [0.25, 0.3) is 0 Å². The largest absolute Gasteiger partial charge is 0.323 e. The first-order chi connectivity index (χ1) is 9.45. The van der Waals surface area contributed by atoms with Gasteiger partial charge in [0.2, 0.25) is 0 Å². The fraction of sp³-hybridized carbons (Fsp3) is 0.0769. The van der Waals surface area contributed by atoms with E-state index in [4.69, 9.17) is 5.84 Å². The predicted molar refractivity (Wildman–Crippen MR) is 83.9 cm³/mol. The molecule has 2 aromatic carbocycles. The molecule has 0 aliphatic carbocycles. The summed E-state index contributed by atoms with van der Waals surface area (Å²) in [6.45, 7) is 1.89. The molecule has 7 heteroatoms. The Bertz CT molecular complexity index is 732. The Morgan fingerprint density at radius 1 is 1.05 bits per heavy atom. The average Bonchev–Trinajstić information content (AvgIpc) is 2.43. The number of aryl methyl sites for hydroxylation is 1. The first-order valence-corrected chi connectivity index (χ1v) is 8.07. The molecule has 20 heavy (non-hydrogen) atoms. The number of benzene rings is 2. The molecule has 0 atom stereocenters. The van der Waals surface area contributed by atoms with E-state index in [1.807, 2.05) is 13.0 Å². The highest BCUT2D eigenvalue weighted by Crippen LogP contribution is 2.29. The Hall–Kier alpha value is -1.57. The molecule has 0 aromatic heterocycles. The van der Waals surface area contributed by atoms with Crippen molar-refractivity contribution in [3.05, 3.63) is 52.5 Å². The zero-order valence-electron chi connectivity index (χ0n) is 10.7. The standard InChI is InChI=1S/C13H14BrN3O2S/c1-9-5-4-7-11(13(9)14)17-20(18,19)12-8-3-2-6-10(12)16-15/h2-8,16-17H,15H2,1H3. The van der Waals surface area contributed by atoms with E-state index >= 15 is 0 Å². The molecule has 0 aliphatic heterocycles. The monoisotopic (exact) mass is 355 g/mol. The van der Waals surface area contributed by atoms with Gasteiger partial charge >= 0.3 is 0 Å². The van der Waals surface area contributed by atoms with Crippen LogP contribution in [0.3, 0.4) is 0 Å². The van der Waals surface area contributed by atoms with Crippen LogP contribution >= 0.6 is 15.9 Å². The summed E-state index contributed by atoms with van der Waals surface area (Å²) >= 11 is 3.37. The van der Waals surface area contributed by atoms with Crippen LogP contribution in [0.1, 0.15) is 5.56 Å². The van der Waals surface area contributed by atoms with Gasteiger partial charge in [-0.15, -0.1) is 0 Å². The highest BCUT2D eigenvalue weighted by molar-refractivity contribution is 9.10. The fourth-order valence-electron chi connectivity index (χ4n) is 1.75. The summed E-state index contributed by atoms with van der Waals surface area (Å²) in [5, 5.41) is 0. The number of para-hydroxylation sites is 1. The average molecular weight is 356 g/mol. The van der Waals surface area contributed by atoms with Gasteiger partial charge in [-0.1, -0.05) is 24.3 Å². The van der Waals surface area contributed by atoms with E-state index in [1.165, 1.54) is 6.07 Å². The summed E-state index contributed by atoms with van der Waals surface area (Å²) < 4.78 is 28.1. The SMILES string of the molecule is Cc1cccc(NS(=O)(=O)c2ccccc2NN)c1Br. The van der Waals surface area contributed by atoms with Gasteiger partial charge in [-0.25, -0.2) is 8.42 Å². The second-order valence-corrected chi connectivity index (χ2v) is 6.63. The van der Waals surface area contributed by atoms with E-state index in [-0.39, 0.29) is 4.90 Å². The Balaban J connectivity index is 2.44. The third kappa shape index (κ3) is 2.95. The summed E-state index contributed by atoms with van der Waals surface area (Å²) in [5.41, 5.74) is 4.14. The topological polar surface area (TPSA) is 84.2 Å². The lowest BCUT2D eigenvalue weighted by Crippen LogP contribution is -2.17. The molecule has 0 saturated carbocycles.